The van der Waals surface area contributed by atoms with Crippen molar-refractivity contribution < 1.29 is 27.8 Å². The van der Waals surface area contributed by atoms with Gasteiger partial charge in [-0.1, -0.05) is 43.3 Å². The van der Waals surface area contributed by atoms with Crippen molar-refractivity contribution in [1.29, 1.82) is 0 Å². The van der Waals surface area contributed by atoms with E-state index < -0.39 is 32.9 Å². The summed E-state index contributed by atoms with van der Waals surface area (Å²) in [5.74, 6) is 0.111. The van der Waals surface area contributed by atoms with Crippen LogP contribution in [0, 0.1) is 23.2 Å². The van der Waals surface area contributed by atoms with Crippen LogP contribution >= 0.6 is 11.6 Å². The summed E-state index contributed by atoms with van der Waals surface area (Å²) in [6.45, 7) is 13.5. The molecular weight excluding hydrogens is 636 g/mol. The minimum Gasteiger partial charge on any atom is -0.490 e. The Labute approximate surface area is 286 Å². The summed E-state index contributed by atoms with van der Waals surface area (Å²) in [5.41, 5.74) is 2.07. The van der Waals surface area contributed by atoms with E-state index >= 15 is 0 Å². The third-order valence-corrected chi connectivity index (χ3v) is 13.4. The zero-order valence-electron chi connectivity index (χ0n) is 28.4. The summed E-state index contributed by atoms with van der Waals surface area (Å²) in [6.07, 6.45) is 13.0. The molecule has 0 unspecified atom stereocenters. The van der Waals surface area contributed by atoms with Crippen LogP contribution in [-0.2, 0) is 14.8 Å². The molecule has 1 spiro atoms. The lowest BCUT2D eigenvalue weighted by Crippen LogP contribution is -2.53. The van der Waals surface area contributed by atoms with Crippen molar-refractivity contribution >= 4 is 33.2 Å². The normalized spacial score (nSPS) is 35.3. The fourth-order valence-electron chi connectivity index (χ4n) is 7.99. The average Bonchev–Trinajstić information content (AvgIpc) is 3.16. The molecule has 47 heavy (non-hydrogen) atoms. The molecule has 5 rings (SSSR count). The maximum atomic E-state index is 13.5. The van der Waals surface area contributed by atoms with Crippen LogP contribution in [0.3, 0.4) is 0 Å². The standard InChI is InChI=1S/C37H51ClN2O6S/c1-7-31(38)18-28-11-9-16-36(26(28)4)22-40-21-30-12-14-32(30)37(45-6,20-25(3)41)17-8-10-24(2)27(5)47(43,44)39-35(42)29-13-15-34(46-23-36)33(40)19-29/h7-8,13,15,17-19,24-25,27,30,32,41H,4,9-12,14,16,20-23H2,1-3,5-6H3,(H,39,42)/b17-8+,28-18-,31-7+/t24-,25+,27+,30-,32+,36-,37+/m0/s1. The minimum atomic E-state index is -3.97. The van der Waals surface area contributed by atoms with E-state index in [0.29, 0.717) is 43.3 Å². The highest BCUT2D eigenvalue weighted by atomic mass is 35.5. The van der Waals surface area contributed by atoms with Gasteiger partial charge in [-0.05, 0) is 112 Å². The number of aliphatic hydroxyl groups is 1. The first-order valence-corrected chi connectivity index (χ1v) is 18.9. The van der Waals surface area contributed by atoms with Gasteiger partial charge in [0.2, 0.25) is 10.0 Å². The summed E-state index contributed by atoms with van der Waals surface area (Å²) in [5, 5.41) is 10.5. The van der Waals surface area contributed by atoms with E-state index in [0.717, 1.165) is 48.9 Å². The monoisotopic (exact) mass is 686 g/mol. The maximum Gasteiger partial charge on any atom is 0.264 e. The molecule has 2 bridgehead atoms. The van der Waals surface area contributed by atoms with Crippen LogP contribution in [-0.4, -0.2) is 63.2 Å². The third kappa shape index (κ3) is 7.24. The van der Waals surface area contributed by atoms with Gasteiger partial charge in [0.15, 0.2) is 0 Å². The van der Waals surface area contributed by atoms with E-state index in [9.17, 15) is 18.3 Å². The zero-order chi connectivity index (χ0) is 34.1. The Hall–Kier alpha value is -2.59. The number of nitrogens with zero attached hydrogens (tertiary/aromatic N) is 1. The number of benzene rings is 1. The molecule has 1 amide bonds. The quantitative estimate of drug-likeness (QED) is 0.332. The van der Waals surface area contributed by atoms with E-state index in [1.54, 1.807) is 39.2 Å². The van der Waals surface area contributed by atoms with Crippen LogP contribution in [0.4, 0.5) is 5.69 Å². The summed E-state index contributed by atoms with van der Waals surface area (Å²) < 4.78 is 42.0. The molecule has 258 valence electrons. The number of carbonyl (C=O) groups is 1. The second-order valence-electron chi connectivity index (χ2n) is 14.3. The van der Waals surface area contributed by atoms with Gasteiger partial charge in [-0.15, -0.1) is 0 Å². The second-order valence-corrected chi connectivity index (χ2v) is 16.7. The van der Waals surface area contributed by atoms with Crippen LogP contribution in [0.25, 0.3) is 0 Å². The van der Waals surface area contributed by atoms with Crippen molar-refractivity contribution in [2.75, 3.05) is 31.7 Å². The number of hydrogen-bond donors (Lipinski definition) is 2. The Morgan fingerprint density at radius 2 is 2.09 bits per heavy atom. The van der Waals surface area contributed by atoms with Crippen molar-refractivity contribution in [3.8, 4) is 5.75 Å². The van der Waals surface area contributed by atoms with Crippen LogP contribution < -0.4 is 14.4 Å². The molecule has 0 saturated heterocycles. The zero-order valence-corrected chi connectivity index (χ0v) is 30.0. The molecule has 2 N–H and O–H groups in total. The lowest BCUT2D eigenvalue weighted by Gasteiger charge is -2.51. The Balaban J connectivity index is 1.62. The van der Waals surface area contributed by atoms with Crippen LogP contribution in [0.2, 0.25) is 0 Å². The predicted octanol–water partition coefficient (Wildman–Crippen LogP) is 6.91. The van der Waals surface area contributed by atoms with Gasteiger partial charge in [0.1, 0.15) is 5.75 Å². The summed E-state index contributed by atoms with van der Waals surface area (Å²) in [4.78, 5) is 15.8. The van der Waals surface area contributed by atoms with Crippen molar-refractivity contribution in [2.24, 2.45) is 23.2 Å². The molecule has 0 aromatic heterocycles. The number of ether oxygens (including phenoxy) is 2. The van der Waals surface area contributed by atoms with Gasteiger partial charge in [-0.2, -0.15) is 0 Å². The van der Waals surface area contributed by atoms with Gasteiger partial charge in [0.05, 0.1) is 29.2 Å². The van der Waals surface area contributed by atoms with Crippen LogP contribution in [0.15, 0.2) is 65.3 Å². The van der Waals surface area contributed by atoms with Crippen molar-refractivity contribution in [1.82, 2.24) is 4.72 Å². The number of allylic oxidation sites excluding steroid dienone is 5. The average molecular weight is 687 g/mol. The van der Waals surface area contributed by atoms with E-state index in [4.69, 9.17) is 21.1 Å². The fraction of sp³-hybridized carbons (Fsp3) is 0.595. The highest BCUT2D eigenvalue weighted by Crippen LogP contribution is 2.51. The van der Waals surface area contributed by atoms with Crippen molar-refractivity contribution in [3.63, 3.8) is 0 Å². The van der Waals surface area contributed by atoms with Crippen LogP contribution in [0.5, 0.6) is 5.75 Å². The molecule has 7 atom stereocenters. The number of rotatable bonds is 4. The minimum absolute atomic E-state index is 0.135. The number of fused-ring (bicyclic) bond motifs is 2. The molecule has 2 saturated carbocycles. The highest BCUT2D eigenvalue weighted by molar-refractivity contribution is 7.90. The van der Waals surface area contributed by atoms with Gasteiger partial charge >= 0.3 is 0 Å². The first-order chi connectivity index (χ1) is 22.2. The lowest BCUT2D eigenvalue weighted by molar-refractivity contribution is -0.0961. The fourth-order valence-corrected chi connectivity index (χ4v) is 9.40. The molecule has 1 aromatic rings. The number of amides is 1. The van der Waals surface area contributed by atoms with E-state index in [2.05, 4.69) is 22.3 Å². The van der Waals surface area contributed by atoms with Crippen LogP contribution in [0.1, 0.15) is 83.0 Å². The summed E-state index contributed by atoms with van der Waals surface area (Å²) in [6, 6.07) is 5.19. The van der Waals surface area contributed by atoms with Crippen molar-refractivity contribution in [3.05, 3.63) is 70.8 Å². The predicted molar refractivity (Wildman–Crippen MR) is 188 cm³/mol. The molecular formula is C37H51ClN2O6S. The molecule has 2 heterocycles. The molecule has 0 radical (unpaired) electrons. The molecule has 1 aromatic carbocycles. The molecule has 10 heteroatoms. The van der Waals surface area contributed by atoms with Crippen molar-refractivity contribution in [2.45, 2.75) is 89.6 Å². The molecule has 2 fully saturated rings. The Bertz CT molecular complexity index is 1570. The number of carbonyl (C=O) groups excluding carboxylic acids is 1. The Kier molecular flexibility index (Phi) is 10.7. The van der Waals surface area contributed by atoms with E-state index in [-0.39, 0.29) is 28.7 Å². The Morgan fingerprint density at radius 3 is 2.74 bits per heavy atom. The van der Waals surface area contributed by atoms with E-state index in [1.807, 2.05) is 32.1 Å². The first kappa shape index (κ1) is 35.7. The second kappa shape index (κ2) is 14.1. The SMILES string of the molecule is C=C1/C(=C\C(Cl)=C/C)CCC[C@]12COc1ccc3cc1N(C[C@@H]1CC[C@H]1[C@@](C[C@@H](C)O)(OC)/C=C/C[C@H](C)[C@@H](C)S(=O)(=O)NC3=O)C2. The largest absolute Gasteiger partial charge is 0.490 e. The van der Waals surface area contributed by atoms with Gasteiger partial charge in [-0.25, -0.2) is 13.1 Å². The number of hydrogen-bond acceptors (Lipinski definition) is 7. The van der Waals surface area contributed by atoms with Gasteiger partial charge in [-0.3, -0.25) is 4.79 Å². The molecule has 4 aliphatic rings. The summed E-state index contributed by atoms with van der Waals surface area (Å²) in [7, 11) is -2.26. The number of halogens is 1. The topological polar surface area (TPSA) is 105 Å². The maximum absolute atomic E-state index is 13.5. The highest BCUT2D eigenvalue weighted by Gasteiger charge is 2.49. The number of nitrogens with one attached hydrogen (secondary N) is 1. The Morgan fingerprint density at radius 1 is 1.32 bits per heavy atom. The number of sulfonamides is 1. The number of anilines is 1. The molecule has 8 nitrogen and oxygen atoms in total. The van der Waals surface area contributed by atoms with E-state index in [1.165, 1.54) is 0 Å². The van der Waals surface area contributed by atoms with Gasteiger partial charge < -0.3 is 19.5 Å². The number of methoxy groups -OCH3 is 1. The smallest absolute Gasteiger partial charge is 0.264 e. The third-order valence-electron chi connectivity index (χ3n) is 11.2. The molecule has 2 aliphatic carbocycles. The molecule has 2 aliphatic heterocycles. The summed E-state index contributed by atoms with van der Waals surface area (Å²) >= 11 is 6.46. The van der Waals surface area contributed by atoms with Gasteiger partial charge in [0, 0.05) is 42.6 Å². The number of aliphatic hydroxyl groups excluding tert-OH is 1. The lowest BCUT2D eigenvalue weighted by atomic mass is 9.62. The van der Waals surface area contributed by atoms with Gasteiger partial charge in [0.25, 0.3) is 5.91 Å². The first-order valence-electron chi connectivity index (χ1n) is 16.9.